The Bertz CT molecular complexity index is 878. The Morgan fingerprint density at radius 2 is 1.81 bits per heavy atom. The van der Waals surface area contributed by atoms with Crippen LogP contribution >= 0.6 is 0 Å². The van der Waals surface area contributed by atoms with Gasteiger partial charge in [0.1, 0.15) is 5.75 Å². The SMILES string of the molecule is CC(=O)N(C)C1CCN(c2ccc(NC(=O)Cc3ccc(OCC(C)C)cc3)cc2)C1. The summed E-state index contributed by atoms with van der Waals surface area (Å²) in [7, 11) is 1.86. The first-order chi connectivity index (χ1) is 14.8. The highest BCUT2D eigenvalue weighted by atomic mass is 16.5. The summed E-state index contributed by atoms with van der Waals surface area (Å²) in [6.45, 7) is 8.26. The van der Waals surface area contributed by atoms with Gasteiger partial charge in [-0.3, -0.25) is 9.59 Å². The lowest BCUT2D eigenvalue weighted by atomic mass is 10.1. The van der Waals surface area contributed by atoms with Gasteiger partial charge < -0.3 is 19.9 Å². The number of rotatable bonds is 8. The van der Waals surface area contributed by atoms with Crippen LogP contribution in [0.2, 0.25) is 0 Å². The van der Waals surface area contributed by atoms with E-state index in [4.69, 9.17) is 4.74 Å². The van der Waals surface area contributed by atoms with E-state index >= 15 is 0 Å². The number of ether oxygens (including phenoxy) is 1. The molecule has 2 aromatic carbocycles. The zero-order chi connectivity index (χ0) is 22.4. The van der Waals surface area contributed by atoms with Gasteiger partial charge in [-0.2, -0.15) is 0 Å². The fourth-order valence-electron chi connectivity index (χ4n) is 3.66. The van der Waals surface area contributed by atoms with Crippen molar-refractivity contribution in [2.24, 2.45) is 5.92 Å². The summed E-state index contributed by atoms with van der Waals surface area (Å²) in [6.07, 6.45) is 1.28. The van der Waals surface area contributed by atoms with Gasteiger partial charge in [0, 0.05) is 38.4 Å². The predicted molar refractivity (Wildman–Crippen MR) is 125 cm³/mol. The van der Waals surface area contributed by atoms with Gasteiger partial charge in [0.05, 0.1) is 19.1 Å². The molecule has 1 saturated heterocycles. The molecular formula is C25H33N3O3. The lowest BCUT2D eigenvalue weighted by Crippen LogP contribution is -2.37. The van der Waals surface area contributed by atoms with E-state index in [9.17, 15) is 9.59 Å². The third-order valence-corrected chi connectivity index (χ3v) is 5.60. The van der Waals surface area contributed by atoms with Crippen molar-refractivity contribution in [2.45, 2.75) is 39.7 Å². The van der Waals surface area contributed by atoms with Gasteiger partial charge in [0.25, 0.3) is 0 Å². The van der Waals surface area contributed by atoms with E-state index < -0.39 is 0 Å². The largest absolute Gasteiger partial charge is 0.493 e. The van der Waals surface area contributed by atoms with Gasteiger partial charge >= 0.3 is 0 Å². The molecular weight excluding hydrogens is 390 g/mol. The number of anilines is 2. The van der Waals surface area contributed by atoms with E-state index in [1.165, 1.54) is 0 Å². The molecule has 2 amide bonds. The summed E-state index contributed by atoms with van der Waals surface area (Å²) in [5, 5.41) is 2.96. The molecule has 166 valence electrons. The Hall–Kier alpha value is -3.02. The normalized spacial score (nSPS) is 15.8. The summed E-state index contributed by atoms with van der Waals surface area (Å²) < 4.78 is 5.68. The second-order valence-corrected chi connectivity index (χ2v) is 8.64. The van der Waals surface area contributed by atoms with Crippen LogP contribution in [0.15, 0.2) is 48.5 Å². The highest BCUT2D eigenvalue weighted by Crippen LogP contribution is 2.24. The van der Waals surface area contributed by atoms with E-state index in [-0.39, 0.29) is 17.9 Å². The molecule has 0 saturated carbocycles. The van der Waals surface area contributed by atoms with Crippen LogP contribution in [0.5, 0.6) is 5.75 Å². The van der Waals surface area contributed by atoms with Crippen molar-refractivity contribution >= 4 is 23.2 Å². The van der Waals surface area contributed by atoms with E-state index in [1.807, 2.05) is 60.5 Å². The third kappa shape index (κ3) is 6.48. The highest BCUT2D eigenvalue weighted by molar-refractivity contribution is 5.92. The molecule has 1 heterocycles. The minimum absolute atomic E-state index is 0.0482. The van der Waals surface area contributed by atoms with E-state index in [0.29, 0.717) is 18.9 Å². The van der Waals surface area contributed by atoms with E-state index in [1.54, 1.807) is 6.92 Å². The van der Waals surface area contributed by atoms with Crippen molar-refractivity contribution in [3.05, 3.63) is 54.1 Å². The third-order valence-electron chi connectivity index (χ3n) is 5.60. The van der Waals surface area contributed by atoms with E-state index in [2.05, 4.69) is 24.1 Å². The van der Waals surface area contributed by atoms with Crippen LogP contribution in [0.1, 0.15) is 32.8 Å². The minimum atomic E-state index is -0.0482. The van der Waals surface area contributed by atoms with Gasteiger partial charge in [-0.25, -0.2) is 0 Å². The number of carbonyl (C=O) groups is 2. The Kier molecular flexibility index (Phi) is 7.55. The number of benzene rings is 2. The molecule has 1 aliphatic rings. The highest BCUT2D eigenvalue weighted by Gasteiger charge is 2.27. The first-order valence-electron chi connectivity index (χ1n) is 10.9. The summed E-state index contributed by atoms with van der Waals surface area (Å²) in [5.74, 6) is 1.35. The van der Waals surface area contributed by atoms with Gasteiger partial charge in [-0.15, -0.1) is 0 Å². The molecule has 0 bridgehead atoms. The van der Waals surface area contributed by atoms with Crippen LogP contribution in [-0.2, 0) is 16.0 Å². The molecule has 6 nitrogen and oxygen atoms in total. The zero-order valence-electron chi connectivity index (χ0n) is 18.9. The molecule has 1 N–H and O–H groups in total. The Balaban J connectivity index is 1.49. The second kappa shape index (κ2) is 10.3. The topological polar surface area (TPSA) is 61.9 Å². The molecule has 0 aromatic heterocycles. The van der Waals surface area contributed by atoms with Crippen LogP contribution in [-0.4, -0.2) is 49.5 Å². The predicted octanol–water partition coefficient (Wildman–Crippen LogP) is 3.96. The van der Waals surface area contributed by atoms with Gasteiger partial charge in [-0.05, 0) is 54.3 Å². The average Bonchev–Trinajstić information content (AvgIpc) is 3.23. The summed E-state index contributed by atoms with van der Waals surface area (Å²) in [6, 6.07) is 15.8. The van der Waals surface area contributed by atoms with Crippen LogP contribution in [0.25, 0.3) is 0 Å². The van der Waals surface area contributed by atoms with Gasteiger partial charge in [0.2, 0.25) is 11.8 Å². The van der Waals surface area contributed by atoms with Crippen molar-refractivity contribution < 1.29 is 14.3 Å². The quantitative estimate of drug-likeness (QED) is 0.698. The Morgan fingerprint density at radius 1 is 1.13 bits per heavy atom. The van der Waals surface area contributed by atoms with Crippen molar-refractivity contribution in [1.29, 1.82) is 0 Å². The number of nitrogens with zero attached hydrogens (tertiary/aromatic N) is 2. The van der Waals surface area contributed by atoms with Crippen molar-refractivity contribution in [1.82, 2.24) is 4.90 Å². The fourth-order valence-corrected chi connectivity index (χ4v) is 3.66. The van der Waals surface area contributed by atoms with Crippen molar-refractivity contribution in [2.75, 3.05) is 37.0 Å². The number of hydrogen-bond acceptors (Lipinski definition) is 4. The molecule has 2 aromatic rings. The van der Waals surface area contributed by atoms with Gasteiger partial charge in [-0.1, -0.05) is 26.0 Å². The molecule has 1 aliphatic heterocycles. The van der Waals surface area contributed by atoms with E-state index in [0.717, 1.165) is 42.2 Å². The fraction of sp³-hybridized carbons (Fsp3) is 0.440. The summed E-state index contributed by atoms with van der Waals surface area (Å²) in [5.41, 5.74) is 2.83. The Morgan fingerprint density at radius 3 is 2.42 bits per heavy atom. The number of likely N-dealkylation sites (N-methyl/N-ethyl adjacent to an activating group) is 1. The smallest absolute Gasteiger partial charge is 0.228 e. The maximum atomic E-state index is 12.4. The molecule has 1 atom stereocenters. The molecule has 3 rings (SSSR count). The van der Waals surface area contributed by atoms with Crippen LogP contribution in [0.3, 0.4) is 0 Å². The first-order valence-corrected chi connectivity index (χ1v) is 10.9. The number of amides is 2. The molecule has 1 unspecified atom stereocenters. The molecule has 0 aliphatic carbocycles. The molecule has 6 heteroatoms. The molecule has 1 fully saturated rings. The van der Waals surface area contributed by atoms with Crippen LogP contribution in [0, 0.1) is 5.92 Å². The molecule has 31 heavy (non-hydrogen) atoms. The average molecular weight is 424 g/mol. The van der Waals surface area contributed by atoms with Gasteiger partial charge in [0.15, 0.2) is 0 Å². The zero-order valence-corrected chi connectivity index (χ0v) is 18.9. The number of nitrogens with one attached hydrogen (secondary N) is 1. The lowest BCUT2D eigenvalue weighted by molar-refractivity contribution is -0.129. The molecule has 0 spiro atoms. The summed E-state index contributed by atoms with van der Waals surface area (Å²) >= 11 is 0. The number of carbonyl (C=O) groups excluding carboxylic acids is 2. The molecule has 0 radical (unpaired) electrons. The second-order valence-electron chi connectivity index (χ2n) is 8.64. The van der Waals surface area contributed by atoms with Crippen LogP contribution < -0.4 is 15.0 Å². The van der Waals surface area contributed by atoms with Crippen molar-refractivity contribution in [3.8, 4) is 5.75 Å². The monoisotopic (exact) mass is 423 g/mol. The first kappa shape index (κ1) is 22.7. The Labute approximate surface area is 185 Å². The maximum Gasteiger partial charge on any atom is 0.228 e. The standard InChI is InChI=1S/C25H33N3O3/c1-18(2)17-31-24-11-5-20(6-12-24)15-25(30)26-21-7-9-22(10-8-21)28-14-13-23(16-28)27(4)19(3)29/h5-12,18,23H,13-17H2,1-4H3,(H,26,30). The summed E-state index contributed by atoms with van der Waals surface area (Å²) in [4.78, 5) is 28.1. The lowest BCUT2D eigenvalue weighted by Gasteiger charge is -2.24. The van der Waals surface area contributed by atoms with Crippen molar-refractivity contribution in [3.63, 3.8) is 0 Å². The number of hydrogen-bond donors (Lipinski definition) is 1. The minimum Gasteiger partial charge on any atom is -0.493 e. The van der Waals surface area contributed by atoms with Crippen LogP contribution in [0.4, 0.5) is 11.4 Å². The maximum absolute atomic E-state index is 12.4.